The molecule has 1 atom stereocenters. The van der Waals surface area contributed by atoms with Gasteiger partial charge in [0.2, 0.25) is 11.8 Å². The topological polar surface area (TPSA) is 61.4 Å². The van der Waals surface area contributed by atoms with Gasteiger partial charge >= 0.3 is 0 Å². The van der Waals surface area contributed by atoms with E-state index in [1.165, 1.54) is 0 Å². The Morgan fingerprint density at radius 3 is 2.67 bits per heavy atom. The molecular weight excluding hydrogens is 362 g/mol. The Hall–Kier alpha value is -2.37. The lowest BCUT2D eigenvalue weighted by Gasteiger charge is -2.31. The quantitative estimate of drug-likeness (QED) is 0.833. The van der Waals surface area contributed by atoms with Gasteiger partial charge in [-0.25, -0.2) is 0 Å². The third-order valence-corrected chi connectivity index (χ3v) is 5.71. The van der Waals surface area contributed by atoms with Crippen LogP contribution in [0.25, 0.3) is 0 Å². The van der Waals surface area contributed by atoms with E-state index in [4.69, 9.17) is 11.6 Å². The van der Waals surface area contributed by atoms with Gasteiger partial charge in [0.15, 0.2) is 0 Å². The summed E-state index contributed by atoms with van der Waals surface area (Å²) in [7, 11) is 0. The lowest BCUT2D eigenvalue weighted by atomic mass is 9.88. The Bertz CT molecular complexity index is 877. The van der Waals surface area contributed by atoms with Gasteiger partial charge in [0.05, 0.1) is 13.0 Å². The summed E-state index contributed by atoms with van der Waals surface area (Å²) in [5.74, 6) is 0.534. The van der Waals surface area contributed by atoms with E-state index in [2.05, 4.69) is 10.6 Å². The van der Waals surface area contributed by atoms with Crippen LogP contribution in [-0.2, 0) is 22.6 Å². The summed E-state index contributed by atoms with van der Waals surface area (Å²) in [5, 5.41) is 6.80. The van der Waals surface area contributed by atoms with Crippen molar-refractivity contribution >= 4 is 34.8 Å². The maximum absolute atomic E-state index is 12.4. The Kier molecular flexibility index (Phi) is 4.89. The molecule has 0 radical (unpaired) electrons. The average molecular weight is 384 g/mol. The van der Waals surface area contributed by atoms with Gasteiger partial charge in [0.25, 0.3) is 0 Å². The number of amides is 2. The van der Waals surface area contributed by atoms with Crippen LogP contribution in [0.2, 0.25) is 5.02 Å². The van der Waals surface area contributed by atoms with Crippen LogP contribution in [0.3, 0.4) is 0 Å². The minimum absolute atomic E-state index is 0.00519. The van der Waals surface area contributed by atoms with Crippen LogP contribution in [-0.4, -0.2) is 24.9 Å². The molecule has 2 aromatic carbocycles. The highest BCUT2D eigenvalue weighted by Gasteiger charge is 2.29. The number of nitrogens with one attached hydrogen (secondary N) is 2. The molecular formula is C21H22ClN3O2. The number of carbonyl (C=O) groups excluding carboxylic acids is 2. The second-order valence-electron chi connectivity index (χ2n) is 7.32. The monoisotopic (exact) mass is 383 g/mol. The van der Waals surface area contributed by atoms with Crippen LogP contribution in [0.5, 0.6) is 0 Å². The number of nitrogens with zero attached hydrogens (tertiary/aromatic N) is 1. The van der Waals surface area contributed by atoms with Crippen LogP contribution >= 0.6 is 11.6 Å². The zero-order valence-electron chi connectivity index (χ0n) is 15.2. The first-order valence-corrected chi connectivity index (χ1v) is 9.58. The van der Waals surface area contributed by atoms with Gasteiger partial charge in [-0.15, -0.1) is 0 Å². The van der Waals surface area contributed by atoms with E-state index in [1.54, 1.807) is 4.90 Å². The molecule has 2 heterocycles. The zero-order chi connectivity index (χ0) is 19.0. The summed E-state index contributed by atoms with van der Waals surface area (Å²) >= 11 is 6.09. The standard InChI is InChI=1S/C21H22ClN3O2/c1-13(16-10-23-11-16)21(27)24-18-6-2-14(3-7-18)12-25-19-9-17(22)5-4-15(19)8-20(25)26/h2-7,9,13,16,23H,8,10-12H2,1H3,(H,24,27). The number of benzene rings is 2. The van der Waals surface area contributed by atoms with Crippen molar-refractivity contribution in [2.75, 3.05) is 23.3 Å². The molecule has 0 aliphatic carbocycles. The van der Waals surface area contributed by atoms with Gasteiger partial charge in [-0.1, -0.05) is 36.7 Å². The van der Waals surface area contributed by atoms with Crippen molar-refractivity contribution in [3.63, 3.8) is 0 Å². The number of hydrogen-bond donors (Lipinski definition) is 2. The third kappa shape index (κ3) is 3.70. The molecule has 27 heavy (non-hydrogen) atoms. The first-order chi connectivity index (χ1) is 13.0. The van der Waals surface area contributed by atoms with Gasteiger partial charge in [0, 0.05) is 22.3 Å². The maximum Gasteiger partial charge on any atom is 0.231 e. The molecule has 2 N–H and O–H groups in total. The molecule has 1 saturated heterocycles. The molecule has 6 heteroatoms. The highest BCUT2D eigenvalue weighted by molar-refractivity contribution is 6.31. The van der Waals surface area contributed by atoms with Crippen molar-refractivity contribution in [1.29, 1.82) is 0 Å². The van der Waals surface area contributed by atoms with Crippen LogP contribution in [0.4, 0.5) is 11.4 Å². The number of fused-ring (bicyclic) bond motifs is 1. The van der Waals surface area contributed by atoms with Crippen LogP contribution < -0.4 is 15.5 Å². The van der Waals surface area contributed by atoms with Gasteiger partial charge in [0.1, 0.15) is 0 Å². The largest absolute Gasteiger partial charge is 0.326 e. The van der Waals surface area contributed by atoms with E-state index in [9.17, 15) is 9.59 Å². The van der Waals surface area contributed by atoms with E-state index in [1.807, 2.05) is 49.4 Å². The lowest BCUT2D eigenvalue weighted by molar-refractivity contribution is -0.121. The summed E-state index contributed by atoms with van der Waals surface area (Å²) in [4.78, 5) is 26.4. The van der Waals surface area contributed by atoms with E-state index in [-0.39, 0.29) is 17.7 Å². The predicted octanol–water partition coefficient (Wildman–Crippen LogP) is 3.22. The van der Waals surface area contributed by atoms with Crippen LogP contribution in [0, 0.1) is 11.8 Å². The molecule has 2 aliphatic rings. The van der Waals surface area contributed by atoms with Crippen molar-refractivity contribution < 1.29 is 9.59 Å². The Labute approximate surface area is 163 Å². The molecule has 2 aromatic rings. The van der Waals surface area contributed by atoms with Crippen molar-refractivity contribution in [2.24, 2.45) is 11.8 Å². The Morgan fingerprint density at radius 2 is 2.00 bits per heavy atom. The molecule has 0 spiro atoms. The predicted molar refractivity (Wildman–Crippen MR) is 107 cm³/mol. The fourth-order valence-corrected chi connectivity index (χ4v) is 3.68. The molecule has 1 unspecified atom stereocenters. The number of hydrogen-bond acceptors (Lipinski definition) is 3. The molecule has 2 amide bonds. The first-order valence-electron chi connectivity index (χ1n) is 9.20. The van der Waals surface area contributed by atoms with Crippen molar-refractivity contribution in [2.45, 2.75) is 19.9 Å². The van der Waals surface area contributed by atoms with Gasteiger partial charge in [-0.05, 0) is 54.4 Å². The van der Waals surface area contributed by atoms with Gasteiger partial charge in [-0.3, -0.25) is 9.59 Å². The highest BCUT2D eigenvalue weighted by Crippen LogP contribution is 2.32. The first kappa shape index (κ1) is 18.0. The van der Waals surface area contributed by atoms with E-state index < -0.39 is 0 Å². The number of anilines is 2. The fourth-order valence-electron chi connectivity index (χ4n) is 3.51. The summed E-state index contributed by atoms with van der Waals surface area (Å²) < 4.78 is 0. The zero-order valence-corrected chi connectivity index (χ0v) is 15.9. The fraction of sp³-hybridized carbons (Fsp3) is 0.333. The van der Waals surface area contributed by atoms with Crippen molar-refractivity contribution in [3.8, 4) is 0 Å². The second-order valence-corrected chi connectivity index (χ2v) is 7.76. The lowest BCUT2D eigenvalue weighted by Crippen LogP contribution is -2.48. The average Bonchev–Trinajstić information content (AvgIpc) is 2.90. The summed E-state index contributed by atoms with van der Waals surface area (Å²) in [6.07, 6.45) is 0.411. The van der Waals surface area contributed by atoms with E-state index in [0.717, 1.165) is 35.6 Å². The minimum Gasteiger partial charge on any atom is -0.326 e. The number of carbonyl (C=O) groups is 2. The maximum atomic E-state index is 12.4. The van der Waals surface area contributed by atoms with Gasteiger partial charge in [-0.2, -0.15) is 0 Å². The van der Waals surface area contributed by atoms with E-state index in [0.29, 0.717) is 23.9 Å². The number of rotatable bonds is 5. The van der Waals surface area contributed by atoms with Gasteiger partial charge < -0.3 is 15.5 Å². The molecule has 0 saturated carbocycles. The molecule has 2 aliphatic heterocycles. The number of halogens is 1. The Balaban J connectivity index is 1.42. The summed E-state index contributed by atoms with van der Waals surface area (Å²) in [5.41, 5.74) is 3.67. The molecule has 0 bridgehead atoms. The smallest absolute Gasteiger partial charge is 0.231 e. The normalized spacial score (nSPS) is 17.4. The molecule has 4 rings (SSSR count). The van der Waals surface area contributed by atoms with Crippen LogP contribution in [0.15, 0.2) is 42.5 Å². The van der Waals surface area contributed by atoms with Crippen molar-refractivity contribution in [3.05, 3.63) is 58.6 Å². The molecule has 140 valence electrons. The SMILES string of the molecule is CC(C(=O)Nc1ccc(CN2C(=O)Cc3ccc(Cl)cc32)cc1)C1CNC1. The molecule has 1 fully saturated rings. The highest BCUT2D eigenvalue weighted by atomic mass is 35.5. The Morgan fingerprint density at radius 1 is 1.26 bits per heavy atom. The molecule has 0 aromatic heterocycles. The third-order valence-electron chi connectivity index (χ3n) is 5.48. The second kappa shape index (κ2) is 7.33. The van der Waals surface area contributed by atoms with Crippen molar-refractivity contribution in [1.82, 2.24) is 5.32 Å². The summed E-state index contributed by atoms with van der Waals surface area (Å²) in [6, 6.07) is 13.2. The van der Waals surface area contributed by atoms with Crippen LogP contribution in [0.1, 0.15) is 18.1 Å². The molecule has 5 nitrogen and oxygen atoms in total. The van der Waals surface area contributed by atoms with E-state index >= 15 is 0 Å². The summed E-state index contributed by atoms with van der Waals surface area (Å²) in [6.45, 7) is 4.27. The minimum atomic E-state index is -0.00519.